The molecule has 0 saturated heterocycles. The Bertz CT molecular complexity index is 380. The molecule has 0 saturated carbocycles. The molecular formula is C9H12N2O3S. The number of hydrogen-bond acceptors (Lipinski definition) is 4. The third-order valence-corrected chi connectivity index (χ3v) is 4.40. The Labute approximate surface area is 90.9 Å². The molecule has 0 unspecified atom stereocenters. The SMILES string of the molecule is NC(=O)[C@]1(N)SC2=C(CCC2)[C@H]1C(=O)O. The number of carbonyl (C=O) groups excluding carboxylic acids is 1. The van der Waals surface area contributed by atoms with Gasteiger partial charge in [-0.15, -0.1) is 0 Å². The maximum Gasteiger partial charge on any atom is 0.314 e. The van der Waals surface area contributed by atoms with Gasteiger partial charge in [-0.1, -0.05) is 11.8 Å². The number of carboxylic acid groups (broad SMARTS) is 1. The van der Waals surface area contributed by atoms with Crippen molar-refractivity contribution in [3.8, 4) is 0 Å². The van der Waals surface area contributed by atoms with Gasteiger partial charge in [0, 0.05) is 0 Å². The average molecular weight is 228 g/mol. The van der Waals surface area contributed by atoms with Crippen LogP contribution >= 0.6 is 11.8 Å². The van der Waals surface area contributed by atoms with E-state index in [0.717, 1.165) is 35.1 Å². The van der Waals surface area contributed by atoms with Gasteiger partial charge in [-0.05, 0) is 29.7 Å². The highest BCUT2D eigenvalue weighted by atomic mass is 32.2. The number of allylic oxidation sites excluding steroid dienone is 1. The van der Waals surface area contributed by atoms with Crippen LogP contribution < -0.4 is 11.5 Å². The van der Waals surface area contributed by atoms with Gasteiger partial charge in [0.15, 0.2) is 4.87 Å². The van der Waals surface area contributed by atoms with Gasteiger partial charge in [0.05, 0.1) is 0 Å². The van der Waals surface area contributed by atoms with E-state index in [-0.39, 0.29) is 0 Å². The highest BCUT2D eigenvalue weighted by Crippen LogP contribution is 2.53. The zero-order valence-corrected chi connectivity index (χ0v) is 8.84. The van der Waals surface area contributed by atoms with E-state index in [1.54, 1.807) is 0 Å². The molecule has 15 heavy (non-hydrogen) atoms. The molecule has 2 rings (SSSR count). The molecule has 6 heteroatoms. The largest absolute Gasteiger partial charge is 0.481 e. The quantitative estimate of drug-likeness (QED) is 0.617. The van der Waals surface area contributed by atoms with E-state index in [4.69, 9.17) is 16.6 Å². The second-order valence-corrected chi connectivity index (χ2v) is 5.21. The van der Waals surface area contributed by atoms with Crippen LogP contribution in [0.4, 0.5) is 0 Å². The molecule has 0 aromatic carbocycles. The number of hydrogen-bond donors (Lipinski definition) is 3. The highest BCUT2D eigenvalue weighted by molar-refractivity contribution is 8.05. The number of nitrogens with two attached hydrogens (primary N) is 2. The fourth-order valence-electron chi connectivity index (χ4n) is 2.21. The summed E-state index contributed by atoms with van der Waals surface area (Å²) in [6, 6.07) is 0. The zero-order valence-electron chi connectivity index (χ0n) is 8.03. The van der Waals surface area contributed by atoms with Crippen molar-refractivity contribution < 1.29 is 14.7 Å². The van der Waals surface area contributed by atoms with Crippen molar-refractivity contribution >= 4 is 23.6 Å². The molecular weight excluding hydrogens is 216 g/mol. The first-order valence-corrected chi connectivity index (χ1v) is 5.51. The van der Waals surface area contributed by atoms with Gasteiger partial charge >= 0.3 is 5.97 Å². The molecule has 0 radical (unpaired) electrons. The molecule has 5 nitrogen and oxygen atoms in total. The third-order valence-electron chi connectivity index (χ3n) is 2.91. The van der Waals surface area contributed by atoms with Crippen LogP contribution in [-0.2, 0) is 9.59 Å². The highest BCUT2D eigenvalue weighted by Gasteiger charge is 2.54. The Hall–Kier alpha value is -1.01. The van der Waals surface area contributed by atoms with Gasteiger partial charge in [-0.2, -0.15) is 0 Å². The van der Waals surface area contributed by atoms with Crippen LogP contribution in [0, 0.1) is 5.92 Å². The van der Waals surface area contributed by atoms with E-state index in [9.17, 15) is 9.59 Å². The molecule has 2 aliphatic rings. The van der Waals surface area contributed by atoms with Crippen molar-refractivity contribution in [2.24, 2.45) is 17.4 Å². The fourth-order valence-corrected chi connectivity index (χ4v) is 3.67. The molecule has 1 amide bonds. The second-order valence-electron chi connectivity index (χ2n) is 3.83. The molecule has 1 aliphatic carbocycles. The summed E-state index contributed by atoms with van der Waals surface area (Å²) in [6.07, 6.45) is 2.47. The maximum absolute atomic E-state index is 11.3. The molecule has 82 valence electrons. The van der Waals surface area contributed by atoms with Gasteiger partial charge in [0.1, 0.15) is 5.92 Å². The minimum atomic E-state index is -1.49. The molecule has 0 fully saturated rings. The lowest BCUT2D eigenvalue weighted by atomic mass is 9.90. The fraction of sp³-hybridized carbons (Fsp3) is 0.556. The van der Waals surface area contributed by atoms with Gasteiger partial charge in [0.2, 0.25) is 5.91 Å². The second kappa shape index (κ2) is 3.24. The van der Waals surface area contributed by atoms with E-state index in [2.05, 4.69) is 0 Å². The molecule has 0 aromatic rings. The van der Waals surface area contributed by atoms with Gasteiger partial charge in [0.25, 0.3) is 0 Å². The first kappa shape index (κ1) is 10.5. The van der Waals surface area contributed by atoms with E-state index >= 15 is 0 Å². The predicted molar refractivity (Wildman–Crippen MR) is 55.7 cm³/mol. The number of thioether (sulfide) groups is 1. The number of primary amides is 1. The number of aliphatic carboxylic acids is 1. The van der Waals surface area contributed by atoms with Crippen LogP contribution in [0.3, 0.4) is 0 Å². The lowest BCUT2D eigenvalue weighted by Crippen LogP contribution is -2.55. The number of carboxylic acids is 1. The first-order chi connectivity index (χ1) is 6.97. The topological polar surface area (TPSA) is 106 Å². The molecule has 5 N–H and O–H groups in total. The third kappa shape index (κ3) is 1.36. The number of rotatable bonds is 2. The van der Waals surface area contributed by atoms with Gasteiger partial charge < -0.3 is 16.6 Å². The van der Waals surface area contributed by atoms with Crippen molar-refractivity contribution in [1.29, 1.82) is 0 Å². The van der Waals surface area contributed by atoms with Crippen molar-refractivity contribution in [2.75, 3.05) is 0 Å². The Morgan fingerprint density at radius 1 is 1.47 bits per heavy atom. The van der Waals surface area contributed by atoms with E-state index in [1.165, 1.54) is 0 Å². The van der Waals surface area contributed by atoms with E-state index < -0.39 is 22.7 Å². The lowest BCUT2D eigenvalue weighted by molar-refractivity contribution is -0.143. The summed E-state index contributed by atoms with van der Waals surface area (Å²) in [5.74, 6) is -2.76. The monoisotopic (exact) mass is 228 g/mol. The summed E-state index contributed by atoms with van der Waals surface area (Å²) in [5, 5.41) is 9.11. The zero-order chi connectivity index (χ0) is 11.2. The van der Waals surface area contributed by atoms with Crippen LogP contribution in [-0.4, -0.2) is 21.9 Å². The molecule has 0 bridgehead atoms. The van der Waals surface area contributed by atoms with Crippen LogP contribution in [0.2, 0.25) is 0 Å². The Balaban J connectivity index is 2.41. The minimum absolute atomic E-state index is 0.714. The standard InChI is InChI=1S/C9H12N2O3S/c10-8(14)9(11)6(7(12)13)4-2-1-3-5(4)15-9/h6H,1-3,11H2,(H2,10,14)(H,12,13)/t6-,9+/m0/s1. The summed E-state index contributed by atoms with van der Waals surface area (Å²) in [7, 11) is 0. The van der Waals surface area contributed by atoms with Gasteiger partial charge in [-0.25, -0.2) is 0 Å². The van der Waals surface area contributed by atoms with Crippen molar-refractivity contribution in [3.63, 3.8) is 0 Å². The molecule has 1 aliphatic heterocycles. The predicted octanol–water partition coefficient (Wildman–Crippen LogP) is 0.0123. The van der Waals surface area contributed by atoms with Gasteiger partial charge in [-0.3, -0.25) is 9.59 Å². The Kier molecular flexibility index (Phi) is 2.27. The van der Waals surface area contributed by atoms with Crippen molar-refractivity contribution in [2.45, 2.75) is 24.1 Å². The Morgan fingerprint density at radius 2 is 2.13 bits per heavy atom. The molecule has 0 aromatic heterocycles. The molecule has 0 spiro atoms. The maximum atomic E-state index is 11.3. The molecule has 1 heterocycles. The normalized spacial score (nSPS) is 34.3. The lowest BCUT2D eigenvalue weighted by Gasteiger charge is -2.26. The van der Waals surface area contributed by atoms with E-state index in [1.807, 2.05) is 0 Å². The van der Waals surface area contributed by atoms with E-state index in [0.29, 0.717) is 6.42 Å². The number of amides is 1. The Morgan fingerprint density at radius 3 is 2.67 bits per heavy atom. The average Bonchev–Trinajstić information content (AvgIpc) is 2.60. The summed E-state index contributed by atoms with van der Waals surface area (Å²) in [6.45, 7) is 0. The van der Waals surface area contributed by atoms with Crippen LogP contribution in [0.25, 0.3) is 0 Å². The summed E-state index contributed by atoms with van der Waals surface area (Å²) in [5.41, 5.74) is 11.8. The summed E-state index contributed by atoms with van der Waals surface area (Å²) < 4.78 is 0. The summed E-state index contributed by atoms with van der Waals surface area (Å²) >= 11 is 1.13. The first-order valence-electron chi connectivity index (χ1n) is 4.69. The minimum Gasteiger partial charge on any atom is -0.481 e. The van der Waals surface area contributed by atoms with Crippen LogP contribution in [0.5, 0.6) is 0 Å². The van der Waals surface area contributed by atoms with Crippen molar-refractivity contribution in [3.05, 3.63) is 10.5 Å². The summed E-state index contributed by atoms with van der Waals surface area (Å²) in [4.78, 5) is 21.8. The van der Waals surface area contributed by atoms with Crippen molar-refractivity contribution in [1.82, 2.24) is 0 Å². The number of carbonyl (C=O) groups is 2. The van der Waals surface area contributed by atoms with Crippen LogP contribution in [0.15, 0.2) is 10.5 Å². The smallest absolute Gasteiger partial charge is 0.314 e. The van der Waals surface area contributed by atoms with Crippen LogP contribution in [0.1, 0.15) is 19.3 Å². The molecule has 2 atom stereocenters.